The van der Waals surface area contributed by atoms with Crippen LogP contribution in [0.1, 0.15) is 18.9 Å². The molecule has 0 saturated carbocycles. The lowest BCUT2D eigenvalue weighted by Crippen LogP contribution is -2.34. The van der Waals surface area contributed by atoms with Crippen molar-refractivity contribution in [2.45, 2.75) is 18.9 Å². The summed E-state index contributed by atoms with van der Waals surface area (Å²) in [5.74, 6) is -0.455. The second-order valence-corrected chi connectivity index (χ2v) is 4.40. The molecular formula is C13H17FN2O2. The number of halogens is 1. The summed E-state index contributed by atoms with van der Waals surface area (Å²) in [6.45, 7) is 2.38. The molecule has 0 fully saturated rings. The Hall–Kier alpha value is -1.64. The molecule has 1 aromatic rings. The van der Waals surface area contributed by atoms with Gasteiger partial charge in [0, 0.05) is 26.7 Å². The van der Waals surface area contributed by atoms with E-state index in [0.717, 1.165) is 6.07 Å². The summed E-state index contributed by atoms with van der Waals surface area (Å²) in [5.41, 5.74) is -0.217. The van der Waals surface area contributed by atoms with Crippen molar-refractivity contribution in [3.63, 3.8) is 0 Å². The Labute approximate surface area is 106 Å². The fourth-order valence-corrected chi connectivity index (χ4v) is 1.46. The van der Waals surface area contributed by atoms with Crippen molar-refractivity contribution >= 4 is 5.69 Å². The molecule has 0 aliphatic heterocycles. The van der Waals surface area contributed by atoms with Gasteiger partial charge < -0.3 is 15.2 Å². The van der Waals surface area contributed by atoms with Crippen LogP contribution in [-0.2, 0) is 4.74 Å². The predicted octanol–water partition coefficient (Wildman–Crippen LogP) is 1.90. The summed E-state index contributed by atoms with van der Waals surface area (Å²) in [5, 5.41) is 21.8. The fourth-order valence-electron chi connectivity index (χ4n) is 1.46. The first-order valence-corrected chi connectivity index (χ1v) is 5.63. The number of nitrogens with zero attached hydrogens (tertiary/aromatic N) is 1. The van der Waals surface area contributed by atoms with Crippen LogP contribution in [0.2, 0.25) is 0 Å². The SMILES string of the molecule is COCCC(C)(O)CNc1ccc(F)cc1C#N. The first-order valence-electron chi connectivity index (χ1n) is 5.63. The van der Waals surface area contributed by atoms with Gasteiger partial charge in [0.2, 0.25) is 0 Å². The lowest BCUT2D eigenvalue weighted by Gasteiger charge is -2.24. The molecule has 0 saturated heterocycles. The van der Waals surface area contributed by atoms with E-state index in [1.54, 1.807) is 14.0 Å². The van der Waals surface area contributed by atoms with Crippen LogP contribution in [0.15, 0.2) is 18.2 Å². The molecule has 0 aromatic heterocycles. The molecule has 4 nitrogen and oxygen atoms in total. The van der Waals surface area contributed by atoms with E-state index in [0.29, 0.717) is 18.7 Å². The minimum absolute atomic E-state index is 0.220. The van der Waals surface area contributed by atoms with Crippen molar-refractivity contribution in [3.8, 4) is 6.07 Å². The van der Waals surface area contributed by atoms with Crippen molar-refractivity contribution in [3.05, 3.63) is 29.6 Å². The Morgan fingerprint density at radius 1 is 1.56 bits per heavy atom. The van der Waals surface area contributed by atoms with Crippen molar-refractivity contribution in [1.29, 1.82) is 5.26 Å². The predicted molar refractivity (Wildman–Crippen MR) is 66.7 cm³/mol. The van der Waals surface area contributed by atoms with E-state index in [4.69, 9.17) is 10.00 Å². The topological polar surface area (TPSA) is 65.3 Å². The maximum atomic E-state index is 12.9. The van der Waals surface area contributed by atoms with E-state index >= 15 is 0 Å². The highest BCUT2D eigenvalue weighted by Gasteiger charge is 2.20. The Morgan fingerprint density at radius 3 is 2.89 bits per heavy atom. The quantitative estimate of drug-likeness (QED) is 0.811. The van der Waals surface area contributed by atoms with Crippen molar-refractivity contribution < 1.29 is 14.2 Å². The zero-order chi connectivity index (χ0) is 13.6. The van der Waals surface area contributed by atoms with E-state index < -0.39 is 11.4 Å². The first-order chi connectivity index (χ1) is 8.48. The average molecular weight is 252 g/mol. The Balaban J connectivity index is 2.66. The molecule has 0 radical (unpaired) electrons. The monoisotopic (exact) mass is 252 g/mol. The minimum atomic E-state index is -0.947. The summed E-state index contributed by atoms with van der Waals surface area (Å²) >= 11 is 0. The number of hydrogen-bond acceptors (Lipinski definition) is 4. The first kappa shape index (κ1) is 14.4. The van der Waals surface area contributed by atoms with Crippen LogP contribution in [0, 0.1) is 17.1 Å². The normalized spacial score (nSPS) is 13.7. The van der Waals surface area contributed by atoms with Crippen LogP contribution in [-0.4, -0.2) is 31.0 Å². The van der Waals surface area contributed by atoms with Gasteiger partial charge in [0.1, 0.15) is 11.9 Å². The van der Waals surface area contributed by atoms with Crippen molar-refractivity contribution in [1.82, 2.24) is 0 Å². The third kappa shape index (κ3) is 4.32. The van der Waals surface area contributed by atoms with Crippen LogP contribution in [0.4, 0.5) is 10.1 Å². The van der Waals surface area contributed by atoms with Gasteiger partial charge in [0.25, 0.3) is 0 Å². The van der Waals surface area contributed by atoms with Crippen LogP contribution < -0.4 is 5.32 Å². The minimum Gasteiger partial charge on any atom is -0.388 e. The lowest BCUT2D eigenvalue weighted by atomic mass is 10.0. The van der Waals surface area contributed by atoms with Gasteiger partial charge in [-0.2, -0.15) is 5.26 Å². The summed E-state index contributed by atoms with van der Waals surface area (Å²) in [7, 11) is 1.57. The van der Waals surface area contributed by atoms with Crippen molar-refractivity contribution in [2.75, 3.05) is 25.6 Å². The third-order valence-electron chi connectivity index (χ3n) is 2.61. The maximum Gasteiger partial charge on any atom is 0.124 e. The molecule has 2 N–H and O–H groups in total. The summed E-state index contributed by atoms with van der Waals surface area (Å²) in [6, 6.07) is 5.82. The number of hydrogen-bond donors (Lipinski definition) is 2. The summed E-state index contributed by atoms with van der Waals surface area (Å²) < 4.78 is 17.8. The number of ether oxygens (including phenoxy) is 1. The van der Waals surface area contributed by atoms with Gasteiger partial charge in [-0.05, 0) is 25.1 Å². The van der Waals surface area contributed by atoms with Crippen LogP contribution in [0.25, 0.3) is 0 Å². The molecule has 98 valence electrons. The van der Waals surface area contributed by atoms with E-state index in [1.807, 2.05) is 6.07 Å². The van der Waals surface area contributed by atoms with Crippen molar-refractivity contribution in [2.24, 2.45) is 0 Å². The number of rotatable bonds is 6. The number of methoxy groups -OCH3 is 1. The second kappa shape index (κ2) is 6.34. The van der Waals surface area contributed by atoms with Gasteiger partial charge in [-0.1, -0.05) is 0 Å². The number of nitriles is 1. The molecule has 0 aliphatic rings. The highest BCUT2D eigenvalue weighted by molar-refractivity contribution is 5.57. The largest absolute Gasteiger partial charge is 0.388 e. The van der Waals surface area contributed by atoms with Crippen LogP contribution in [0.3, 0.4) is 0 Å². The lowest BCUT2D eigenvalue weighted by molar-refractivity contribution is 0.0357. The third-order valence-corrected chi connectivity index (χ3v) is 2.61. The number of anilines is 1. The molecular weight excluding hydrogens is 235 g/mol. The molecule has 18 heavy (non-hydrogen) atoms. The standard InChI is InChI=1S/C13H17FN2O2/c1-13(17,5-6-18-2)9-16-12-4-3-11(14)7-10(12)8-15/h3-4,7,16-17H,5-6,9H2,1-2H3. The highest BCUT2D eigenvalue weighted by Crippen LogP contribution is 2.18. The van der Waals surface area contributed by atoms with Crippen LogP contribution >= 0.6 is 0 Å². The van der Waals surface area contributed by atoms with Gasteiger partial charge >= 0.3 is 0 Å². The molecule has 0 bridgehead atoms. The van der Waals surface area contributed by atoms with Crippen LogP contribution in [0.5, 0.6) is 0 Å². The summed E-state index contributed by atoms with van der Waals surface area (Å²) in [4.78, 5) is 0. The Bertz CT molecular complexity index is 441. The number of nitrogens with one attached hydrogen (secondary N) is 1. The Kier molecular flexibility index (Phi) is 5.08. The smallest absolute Gasteiger partial charge is 0.124 e. The number of benzene rings is 1. The molecule has 0 spiro atoms. The van der Waals surface area contributed by atoms with Gasteiger partial charge in [-0.25, -0.2) is 4.39 Å². The average Bonchev–Trinajstić information content (AvgIpc) is 2.35. The van der Waals surface area contributed by atoms with E-state index in [1.165, 1.54) is 12.1 Å². The maximum absolute atomic E-state index is 12.9. The second-order valence-electron chi connectivity index (χ2n) is 4.40. The van der Waals surface area contributed by atoms with E-state index in [9.17, 15) is 9.50 Å². The number of aliphatic hydroxyl groups is 1. The van der Waals surface area contributed by atoms with E-state index in [-0.39, 0.29) is 12.1 Å². The molecule has 1 unspecified atom stereocenters. The van der Waals surface area contributed by atoms with E-state index in [2.05, 4.69) is 5.32 Å². The molecule has 0 amide bonds. The molecule has 0 heterocycles. The Morgan fingerprint density at radius 2 is 2.28 bits per heavy atom. The summed E-state index contributed by atoms with van der Waals surface area (Å²) in [6.07, 6.45) is 0.472. The zero-order valence-electron chi connectivity index (χ0n) is 10.5. The van der Waals surface area contributed by atoms with Gasteiger partial charge in [0.05, 0.1) is 16.9 Å². The molecule has 1 atom stereocenters. The molecule has 5 heteroatoms. The highest BCUT2D eigenvalue weighted by atomic mass is 19.1. The van der Waals surface area contributed by atoms with Gasteiger partial charge in [-0.15, -0.1) is 0 Å². The molecule has 0 aliphatic carbocycles. The van der Waals surface area contributed by atoms with Gasteiger partial charge in [0.15, 0.2) is 0 Å². The zero-order valence-corrected chi connectivity index (χ0v) is 10.5. The molecule has 1 aromatic carbocycles. The fraction of sp³-hybridized carbons (Fsp3) is 0.462. The van der Waals surface area contributed by atoms with Gasteiger partial charge in [-0.3, -0.25) is 0 Å². The molecule has 1 rings (SSSR count).